The molecule has 1 aromatic carbocycles. The molecule has 0 heterocycles. The van der Waals surface area contributed by atoms with Gasteiger partial charge in [-0.05, 0) is 36.3 Å². The highest BCUT2D eigenvalue weighted by molar-refractivity contribution is 5.16. The number of rotatable bonds is 7. The highest BCUT2D eigenvalue weighted by atomic mass is 14.9. The molecule has 0 aromatic heterocycles. The number of nitrogens with one attached hydrogen (secondary N) is 1. The quantitative estimate of drug-likeness (QED) is 0.753. The largest absolute Gasteiger partial charge is 0.316 e. The molecule has 1 aromatic rings. The van der Waals surface area contributed by atoms with Gasteiger partial charge in [-0.2, -0.15) is 0 Å². The average Bonchev–Trinajstić information content (AvgIpc) is 2.30. The van der Waals surface area contributed by atoms with Crippen LogP contribution in [0, 0.1) is 11.3 Å². The zero-order valence-electron chi connectivity index (χ0n) is 11.8. The van der Waals surface area contributed by atoms with E-state index in [0.717, 1.165) is 25.4 Å². The monoisotopic (exact) mass is 233 g/mol. The number of hydrogen-bond acceptors (Lipinski definition) is 1. The second-order valence-electron chi connectivity index (χ2n) is 5.85. The maximum absolute atomic E-state index is 3.60. The first-order valence-corrected chi connectivity index (χ1v) is 6.80. The van der Waals surface area contributed by atoms with Gasteiger partial charge in [0.15, 0.2) is 0 Å². The van der Waals surface area contributed by atoms with Gasteiger partial charge in [0.05, 0.1) is 0 Å². The Morgan fingerprint density at radius 2 is 1.82 bits per heavy atom. The normalized spacial score (nSPS) is 14.9. The van der Waals surface area contributed by atoms with Crippen LogP contribution in [-0.4, -0.2) is 13.1 Å². The van der Waals surface area contributed by atoms with E-state index in [9.17, 15) is 0 Å². The Balaban J connectivity index is 2.50. The number of hydrogen-bond donors (Lipinski definition) is 1. The van der Waals surface area contributed by atoms with Gasteiger partial charge in [-0.15, -0.1) is 0 Å². The summed E-state index contributed by atoms with van der Waals surface area (Å²) in [5.74, 6) is 0.729. The van der Waals surface area contributed by atoms with Crippen molar-refractivity contribution >= 4 is 0 Å². The molecule has 1 N–H and O–H groups in total. The van der Waals surface area contributed by atoms with Crippen LogP contribution in [0.5, 0.6) is 0 Å². The summed E-state index contributed by atoms with van der Waals surface area (Å²) in [7, 11) is 0. The van der Waals surface area contributed by atoms with Crippen LogP contribution in [0.25, 0.3) is 0 Å². The Hall–Kier alpha value is -0.820. The molecule has 0 spiro atoms. The van der Waals surface area contributed by atoms with Crippen molar-refractivity contribution in [3.63, 3.8) is 0 Å². The van der Waals surface area contributed by atoms with Gasteiger partial charge in [-0.1, -0.05) is 58.0 Å². The molecule has 1 rings (SSSR count). The standard InChI is InChI=1S/C16H27N/c1-5-16(4,13-17-12-14(2)3)11-15-9-7-6-8-10-15/h6-10,14,17H,5,11-13H2,1-4H3. The molecule has 96 valence electrons. The first-order chi connectivity index (χ1) is 8.06. The van der Waals surface area contributed by atoms with Gasteiger partial charge < -0.3 is 5.32 Å². The third kappa shape index (κ3) is 5.36. The molecule has 17 heavy (non-hydrogen) atoms. The average molecular weight is 233 g/mol. The summed E-state index contributed by atoms with van der Waals surface area (Å²) < 4.78 is 0. The minimum atomic E-state index is 0.371. The maximum Gasteiger partial charge on any atom is 0.000836 e. The molecule has 0 saturated heterocycles. The van der Waals surface area contributed by atoms with Gasteiger partial charge in [0.1, 0.15) is 0 Å². The van der Waals surface area contributed by atoms with Crippen LogP contribution in [0.3, 0.4) is 0 Å². The molecule has 0 fully saturated rings. The summed E-state index contributed by atoms with van der Waals surface area (Å²) in [6.07, 6.45) is 2.38. The molecule has 0 amide bonds. The molecule has 0 aliphatic rings. The predicted octanol–water partition coefficient (Wildman–Crippen LogP) is 3.89. The minimum Gasteiger partial charge on any atom is -0.316 e. The fourth-order valence-electron chi connectivity index (χ4n) is 2.06. The fraction of sp³-hybridized carbons (Fsp3) is 0.625. The molecule has 0 aliphatic carbocycles. The first-order valence-electron chi connectivity index (χ1n) is 6.80. The molecular weight excluding hydrogens is 206 g/mol. The van der Waals surface area contributed by atoms with E-state index in [1.807, 2.05) is 0 Å². The van der Waals surface area contributed by atoms with E-state index < -0.39 is 0 Å². The lowest BCUT2D eigenvalue weighted by Crippen LogP contribution is -2.35. The molecule has 1 nitrogen and oxygen atoms in total. The van der Waals surface area contributed by atoms with E-state index in [4.69, 9.17) is 0 Å². The van der Waals surface area contributed by atoms with E-state index in [2.05, 4.69) is 63.3 Å². The summed E-state index contributed by atoms with van der Waals surface area (Å²) in [6.45, 7) is 11.4. The minimum absolute atomic E-state index is 0.371. The molecule has 1 heteroatoms. The van der Waals surface area contributed by atoms with Crippen molar-refractivity contribution in [2.24, 2.45) is 11.3 Å². The lowest BCUT2D eigenvalue weighted by molar-refractivity contribution is 0.285. The summed E-state index contributed by atoms with van der Waals surface area (Å²) >= 11 is 0. The summed E-state index contributed by atoms with van der Waals surface area (Å²) in [4.78, 5) is 0. The van der Waals surface area contributed by atoms with Crippen molar-refractivity contribution in [1.29, 1.82) is 0 Å². The van der Waals surface area contributed by atoms with Gasteiger partial charge in [-0.3, -0.25) is 0 Å². The summed E-state index contributed by atoms with van der Waals surface area (Å²) in [5, 5.41) is 3.60. The van der Waals surface area contributed by atoms with Crippen molar-refractivity contribution < 1.29 is 0 Å². The van der Waals surface area contributed by atoms with E-state index >= 15 is 0 Å². The van der Waals surface area contributed by atoms with E-state index in [0.29, 0.717) is 5.41 Å². The Kier molecular flexibility index (Phi) is 5.70. The van der Waals surface area contributed by atoms with Crippen molar-refractivity contribution in [3.8, 4) is 0 Å². The molecule has 1 atom stereocenters. The maximum atomic E-state index is 3.60. The van der Waals surface area contributed by atoms with Crippen LogP contribution in [0.2, 0.25) is 0 Å². The highest BCUT2D eigenvalue weighted by Gasteiger charge is 2.22. The third-order valence-electron chi connectivity index (χ3n) is 3.43. The van der Waals surface area contributed by atoms with Crippen molar-refractivity contribution in [1.82, 2.24) is 5.32 Å². The fourth-order valence-corrected chi connectivity index (χ4v) is 2.06. The van der Waals surface area contributed by atoms with E-state index in [1.165, 1.54) is 12.0 Å². The van der Waals surface area contributed by atoms with E-state index in [1.54, 1.807) is 0 Å². The van der Waals surface area contributed by atoms with Gasteiger partial charge in [0, 0.05) is 6.54 Å². The summed E-state index contributed by atoms with van der Waals surface area (Å²) in [5.41, 5.74) is 1.82. The summed E-state index contributed by atoms with van der Waals surface area (Å²) in [6, 6.07) is 10.8. The lowest BCUT2D eigenvalue weighted by Gasteiger charge is -2.29. The van der Waals surface area contributed by atoms with Crippen LogP contribution in [0.4, 0.5) is 0 Å². The van der Waals surface area contributed by atoms with Crippen LogP contribution >= 0.6 is 0 Å². The van der Waals surface area contributed by atoms with Gasteiger partial charge in [0.2, 0.25) is 0 Å². The van der Waals surface area contributed by atoms with Crippen LogP contribution in [-0.2, 0) is 6.42 Å². The van der Waals surface area contributed by atoms with Crippen LogP contribution < -0.4 is 5.32 Å². The van der Waals surface area contributed by atoms with Gasteiger partial charge in [-0.25, -0.2) is 0 Å². The first kappa shape index (κ1) is 14.2. The molecule has 0 bridgehead atoms. The van der Waals surface area contributed by atoms with Crippen molar-refractivity contribution in [2.75, 3.05) is 13.1 Å². The van der Waals surface area contributed by atoms with Gasteiger partial charge >= 0.3 is 0 Å². The SMILES string of the molecule is CCC(C)(CNCC(C)C)Cc1ccccc1. The lowest BCUT2D eigenvalue weighted by atomic mass is 9.81. The smallest absolute Gasteiger partial charge is 0.000836 e. The molecule has 0 radical (unpaired) electrons. The third-order valence-corrected chi connectivity index (χ3v) is 3.43. The highest BCUT2D eigenvalue weighted by Crippen LogP contribution is 2.25. The number of benzene rings is 1. The molecule has 1 unspecified atom stereocenters. The molecular formula is C16H27N. The predicted molar refractivity (Wildman–Crippen MR) is 76.3 cm³/mol. The second kappa shape index (κ2) is 6.80. The van der Waals surface area contributed by atoms with Crippen molar-refractivity contribution in [2.45, 2.75) is 40.5 Å². The molecule has 0 aliphatic heterocycles. The van der Waals surface area contributed by atoms with Crippen molar-refractivity contribution in [3.05, 3.63) is 35.9 Å². The van der Waals surface area contributed by atoms with Crippen LogP contribution in [0.15, 0.2) is 30.3 Å². The van der Waals surface area contributed by atoms with Gasteiger partial charge in [0.25, 0.3) is 0 Å². The Morgan fingerprint density at radius 1 is 1.18 bits per heavy atom. The Morgan fingerprint density at radius 3 is 2.35 bits per heavy atom. The Bertz CT molecular complexity index is 305. The Labute approximate surface area is 107 Å². The second-order valence-corrected chi connectivity index (χ2v) is 5.85. The zero-order chi connectivity index (χ0) is 12.7. The zero-order valence-corrected chi connectivity index (χ0v) is 11.8. The van der Waals surface area contributed by atoms with E-state index in [-0.39, 0.29) is 0 Å². The van der Waals surface area contributed by atoms with Crippen LogP contribution in [0.1, 0.15) is 39.7 Å². The topological polar surface area (TPSA) is 12.0 Å². The molecule has 0 saturated carbocycles.